The second-order valence-electron chi connectivity index (χ2n) is 6.25. The molecule has 0 fully saturated rings. The molecule has 138 valence electrons. The van der Waals surface area contributed by atoms with E-state index in [1.54, 1.807) is 22.7 Å². The Morgan fingerprint density at radius 1 is 1.07 bits per heavy atom. The number of amides is 1. The topological polar surface area (TPSA) is 54.9 Å². The van der Waals surface area contributed by atoms with E-state index in [1.165, 1.54) is 21.0 Å². The van der Waals surface area contributed by atoms with E-state index in [4.69, 9.17) is 0 Å². The van der Waals surface area contributed by atoms with E-state index in [0.717, 1.165) is 45.2 Å². The van der Waals surface area contributed by atoms with Crippen molar-refractivity contribution in [3.05, 3.63) is 57.4 Å². The molecule has 3 aromatic heterocycles. The maximum atomic E-state index is 12.4. The van der Waals surface area contributed by atoms with Gasteiger partial charge >= 0.3 is 0 Å². The van der Waals surface area contributed by atoms with Crippen LogP contribution in [0.25, 0.3) is 20.1 Å². The zero-order valence-electron chi connectivity index (χ0n) is 14.9. The van der Waals surface area contributed by atoms with Crippen molar-refractivity contribution in [2.45, 2.75) is 26.2 Å². The molecule has 1 amide bonds. The molecule has 7 heteroatoms. The Morgan fingerprint density at radius 2 is 1.96 bits per heavy atom. The number of hydrogen-bond acceptors (Lipinski definition) is 6. The number of aromatic nitrogens is 2. The Hall–Kier alpha value is -2.09. The number of para-hydroxylation sites is 1. The highest BCUT2D eigenvalue weighted by molar-refractivity contribution is 7.26. The molecular formula is C20H19N3OS3. The molecule has 0 aliphatic rings. The van der Waals surface area contributed by atoms with E-state index in [0.29, 0.717) is 6.54 Å². The van der Waals surface area contributed by atoms with Crippen LogP contribution in [0.4, 0.5) is 0 Å². The van der Waals surface area contributed by atoms with Gasteiger partial charge < -0.3 is 5.32 Å². The van der Waals surface area contributed by atoms with Gasteiger partial charge in [-0.2, -0.15) is 0 Å². The minimum Gasteiger partial charge on any atom is -0.351 e. The van der Waals surface area contributed by atoms with E-state index >= 15 is 0 Å². The quantitative estimate of drug-likeness (QED) is 0.405. The Morgan fingerprint density at radius 3 is 2.78 bits per heavy atom. The molecule has 0 atom stereocenters. The van der Waals surface area contributed by atoms with Crippen molar-refractivity contribution in [1.82, 2.24) is 15.3 Å². The molecule has 4 rings (SSSR count). The van der Waals surface area contributed by atoms with Crippen LogP contribution in [0.3, 0.4) is 0 Å². The van der Waals surface area contributed by atoms with Gasteiger partial charge in [0.15, 0.2) is 0 Å². The smallest absolute Gasteiger partial charge is 0.261 e. The molecule has 0 radical (unpaired) electrons. The fourth-order valence-corrected chi connectivity index (χ4v) is 5.52. The van der Waals surface area contributed by atoms with Crippen LogP contribution in [0.5, 0.6) is 0 Å². The number of fused-ring (bicyclic) bond motifs is 1. The minimum absolute atomic E-state index is 0.00236. The van der Waals surface area contributed by atoms with Crippen molar-refractivity contribution < 1.29 is 4.79 Å². The third-order valence-corrected chi connectivity index (χ3v) is 7.42. The minimum atomic E-state index is -0.00236. The van der Waals surface area contributed by atoms with Crippen molar-refractivity contribution in [2.75, 3.05) is 6.54 Å². The van der Waals surface area contributed by atoms with Crippen molar-refractivity contribution >= 4 is 50.1 Å². The fraction of sp³-hybridized carbons (Fsp3) is 0.250. The Balaban J connectivity index is 1.29. The molecule has 1 N–H and O–H groups in total. The zero-order chi connectivity index (χ0) is 18.6. The molecule has 0 aliphatic carbocycles. The summed E-state index contributed by atoms with van der Waals surface area (Å²) in [6, 6.07) is 12.0. The van der Waals surface area contributed by atoms with Crippen LogP contribution < -0.4 is 5.32 Å². The van der Waals surface area contributed by atoms with Gasteiger partial charge in [0.05, 0.1) is 25.0 Å². The molecule has 1 aromatic carbocycles. The van der Waals surface area contributed by atoms with Crippen molar-refractivity contribution in [2.24, 2.45) is 0 Å². The van der Waals surface area contributed by atoms with Crippen LogP contribution in [-0.2, 0) is 6.42 Å². The van der Waals surface area contributed by atoms with Crippen molar-refractivity contribution in [3.8, 4) is 9.88 Å². The van der Waals surface area contributed by atoms with Gasteiger partial charge in [0.25, 0.3) is 5.91 Å². The monoisotopic (exact) mass is 413 g/mol. The first-order valence-electron chi connectivity index (χ1n) is 8.84. The SMILES string of the molecule is Cc1csc(CCCCNC(=O)c2ccc(-c3nc4ccccc4s3)s2)n1. The summed E-state index contributed by atoms with van der Waals surface area (Å²) in [6.45, 7) is 2.71. The van der Waals surface area contributed by atoms with Gasteiger partial charge in [-0.3, -0.25) is 4.79 Å². The molecular weight excluding hydrogens is 394 g/mol. The standard InChI is InChI=1S/C20H19N3OS3/c1-13-12-25-18(22-13)8-4-5-11-21-19(24)16-9-10-17(26-16)20-23-14-6-2-3-7-15(14)27-20/h2-3,6-7,9-10,12H,4-5,8,11H2,1H3,(H,21,24). The van der Waals surface area contributed by atoms with Gasteiger partial charge in [-0.1, -0.05) is 12.1 Å². The molecule has 0 aliphatic heterocycles. The fourth-order valence-electron chi connectivity index (χ4n) is 2.76. The Bertz CT molecular complexity index is 1030. The predicted molar refractivity (Wildman–Crippen MR) is 115 cm³/mol. The molecule has 3 heterocycles. The van der Waals surface area contributed by atoms with Gasteiger partial charge in [-0.25, -0.2) is 9.97 Å². The first kappa shape index (κ1) is 18.3. The first-order valence-corrected chi connectivity index (χ1v) is 11.4. The summed E-state index contributed by atoms with van der Waals surface area (Å²) < 4.78 is 1.17. The number of thiazole rings is 2. The number of unbranched alkanes of at least 4 members (excludes halogenated alkanes) is 1. The number of carbonyl (C=O) groups excluding carboxylic acids is 1. The summed E-state index contributed by atoms with van der Waals surface area (Å²) in [6.07, 6.45) is 2.98. The molecule has 4 nitrogen and oxygen atoms in total. The Labute approximate surface area is 169 Å². The molecule has 0 bridgehead atoms. The van der Waals surface area contributed by atoms with E-state index in [9.17, 15) is 4.79 Å². The predicted octanol–water partition coefficient (Wildman–Crippen LogP) is 5.54. The van der Waals surface area contributed by atoms with E-state index < -0.39 is 0 Å². The number of benzene rings is 1. The highest BCUT2D eigenvalue weighted by Gasteiger charge is 2.13. The lowest BCUT2D eigenvalue weighted by Gasteiger charge is -2.02. The summed E-state index contributed by atoms with van der Waals surface area (Å²) in [5.41, 5.74) is 2.09. The second-order valence-corrected chi connectivity index (χ2v) is 9.30. The van der Waals surface area contributed by atoms with Gasteiger partial charge in [0.1, 0.15) is 5.01 Å². The van der Waals surface area contributed by atoms with Gasteiger partial charge in [0, 0.05) is 17.6 Å². The van der Waals surface area contributed by atoms with Crippen LogP contribution in [0, 0.1) is 6.92 Å². The van der Waals surface area contributed by atoms with Crippen molar-refractivity contribution in [3.63, 3.8) is 0 Å². The summed E-state index contributed by atoms with van der Waals surface area (Å²) in [5, 5.41) is 7.25. The molecule has 0 saturated carbocycles. The van der Waals surface area contributed by atoms with Crippen molar-refractivity contribution in [1.29, 1.82) is 0 Å². The van der Waals surface area contributed by atoms with Crippen LogP contribution in [0.1, 0.15) is 33.2 Å². The third-order valence-electron chi connectivity index (χ3n) is 4.10. The largest absolute Gasteiger partial charge is 0.351 e. The van der Waals surface area contributed by atoms with Crippen LogP contribution >= 0.6 is 34.0 Å². The lowest BCUT2D eigenvalue weighted by molar-refractivity contribution is 0.0957. The van der Waals surface area contributed by atoms with Crippen LogP contribution in [0.15, 0.2) is 41.8 Å². The van der Waals surface area contributed by atoms with Gasteiger partial charge in [0.2, 0.25) is 0 Å². The van der Waals surface area contributed by atoms with E-state index in [1.807, 2.05) is 37.3 Å². The number of aryl methyl sites for hydroxylation is 2. The number of nitrogens with zero attached hydrogens (tertiary/aromatic N) is 2. The number of rotatable bonds is 7. The third kappa shape index (κ3) is 4.43. The normalized spacial score (nSPS) is 11.1. The second kappa shape index (κ2) is 8.29. The maximum Gasteiger partial charge on any atom is 0.261 e. The maximum absolute atomic E-state index is 12.4. The number of hydrogen-bond donors (Lipinski definition) is 1. The number of nitrogens with one attached hydrogen (secondary N) is 1. The molecule has 0 unspecified atom stereocenters. The lowest BCUT2D eigenvalue weighted by atomic mass is 10.2. The average molecular weight is 414 g/mol. The molecule has 0 saturated heterocycles. The summed E-state index contributed by atoms with van der Waals surface area (Å²) >= 11 is 4.87. The summed E-state index contributed by atoms with van der Waals surface area (Å²) in [7, 11) is 0. The zero-order valence-corrected chi connectivity index (χ0v) is 17.3. The number of carbonyl (C=O) groups is 1. The molecule has 27 heavy (non-hydrogen) atoms. The lowest BCUT2D eigenvalue weighted by Crippen LogP contribution is -2.23. The van der Waals surface area contributed by atoms with E-state index in [-0.39, 0.29) is 5.91 Å². The highest BCUT2D eigenvalue weighted by Crippen LogP contribution is 2.34. The van der Waals surface area contributed by atoms with E-state index in [2.05, 4.69) is 26.7 Å². The number of thiophene rings is 1. The van der Waals surface area contributed by atoms with Crippen LogP contribution in [-0.4, -0.2) is 22.4 Å². The molecule has 4 aromatic rings. The average Bonchev–Trinajstić information content (AvgIpc) is 3.40. The highest BCUT2D eigenvalue weighted by atomic mass is 32.1. The summed E-state index contributed by atoms with van der Waals surface area (Å²) in [4.78, 5) is 23.3. The molecule has 0 spiro atoms. The van der Waals surface area contributed by atoms with Crippen LogP contribution in [0.2, 0.25) is 0 Å². The first-order chi connectivity index (χ1) is 13.2. The summed E-state index contributed by atoms with van der Waals surface area (Å²) in [5.74, 6) is -0.00236. The van der Waals surface area contributed by atoms with Gasteiger partial charge in [-0.05, 0) is 50.5 Å². The Kier molecular flexibility index (Phi) is 5.61. The van der Waals surface area contributed by atoms with Gasteiger partial charge in [-0.15, -0.1) is 34.0 Å².